The highest BCUT2D eigenvalue weighted by Crippen LogP contribution is 2.39. The first kappa shape index (κ1) is 31.8. The molecular formula is C39H50O3. The zero-order valence-corrected chi connectivity index (χ0v) is 26.5. The summed E-state index contributed by atoms with van der Waals surface area (Å²) in [5, 5.41) is 9.44. The summed E-state index contributed by atoms with van der Waals surface area (Å²) in [6.07, 6.45) is 9.55. The summed E-state index contributed by atoms with van der Waals surface area (Å²) in [7, 11) is 0. The van der Waals surface area contributed by atoms with Crippen LogP contribution < -0.4 is 0 Å². The lowest BCUT2D eigenvalue weighted by atomic mass is 9.78. The first-order chi connectivity index (χ1) is 20.2. The molecule has 0 spiro atoms. The predicted molar refractivity (Wildman–Crippen MR) is 176 cm³/mol. The van der Waals surface area contributed by atoms with Gasteiger partial charge >= 0.3 is 5.97 Å². The van der Waals surface area contributed by atoms with Crippen LogP contribution in [-0.2, 0) is 28.8 Å². The van der Waals surface area contributed by atoms with Crippen LogP contribution in [0.5, 0.6) is 0 Å². The maximum Gasteiger partial charge on any atom is 0.333 e. The number of carbonyl (C=O) groups is 1. The van der Waals surface area contributed by atoms with Crippen LogP contribution in [0.1, 0.15) is 98.6 Å². The van der Waals surface area contributed by atoms with Crippen molar-refractivity contribution >= 4 is 5.97 Å². The summed E-state index contributed by atoms with van der Waals surface area (Å²) in [6, 6.07) is 18.6. The molecule has 224 valence electrons. The highest BCUT2D eigenvalue weighted by Gasteiger charge is 2.21. The van der Waals surface area contributed by atoms with E-state index in [2.05, 4.69) is 82.8 Å². The Balaban J connectivity index is 1.66. The van der Waals surface area contributed by atoms with Gasteiger partial charge in [-0.3, -0.25) is 0 Å². The molecule has 4 rings (SSSR count). The largest absolute Gasteiger partial charge is 0.462 e. The number of carbonyl (C=O) groups excluding carboxylic acids is 1. The number of esters is 1. The van der Waals surface area contributed by atoms with Crippen molar-refractivity contribution in [2.24, 2.45) is 5.92 Å². The van der Waals surface area contributed by atoms with Crippen LogP contribution in [0.2, 0.25) is 0 Å². The average molecular weight is 567 g/mol. The predicted octanol–water partition coefficient (Wildman–Crippen LogP) is 9.47. The monoisotopic (exact) mass is 566 g/mol. The summed E-state index contributed by atoms with van der Waals surface area (Å²) in [6.45, 7) is 15.0. The molecule has 0 unspecified atom stereocenters. The lowest BCUT2D eigenvalue weighted by molar-refractivity contribution is -0.138. The van der Waals surface area contributed by atoms with Gasteiger partial charge in [0.25, 0.3) is 0 Å². The molecule has 0 aliphatic heterocycles. The molecule has 1 N–H and O–H groups in total. The lowest BCUT2D eigenvalue weighted by Gasteiger charge is -2.27. The molecular weight excluding hydrogens is 516 g/mol. The first-order valence-corrected chi connectivity index (χ1v) is 16.0. The van der Waals surface area contributed by atoms with Gasteiger partial charge in [0.15, 0.2) is 0 Å². The normalized spacial score (nSPS) is 16.8. The Kier molecular flexibility index (Phi) is 11.2. The lowest BCUT2D eigenvalue weighted by Crippen LogP contribution is -2.11. The fraction of sp³-hybridized carbons (Fsp3) is 0.462. The molecule has 0 radical (unpaired) electrons. The molecule has 0 saturated heterocycles. The Bertz CT molecular complexity index is 1390. The van der Waals surface area contributed by atoms with Crippen LogP contribution in [0.3, 0.4) is 0 Å². The zero-order chi connectivity index (χ0) is 30.2. The smallest absolute Gasteiger partial charge is 0.333 e. The van der Waals surface area contributed by atoms with E-state index in [9.17, 15) is 9.90 Å². The zero-order valence-electron chi connectivity index (χ0n) is 26.5. The number of hydrogen-bond donors (Lipinski definition) is 1. The molecule has 3 nitrogen and oxygen atoms in total. The molecule has 1 saturated carbocycles. The summed E-state index contributed by atoms with van der Waals surface area (Å²) < 4.78 is 5.44. The first-order valence-electron chi connectivity index (χ1n) is 16.0. The summed E-state index contributed by atoms with van der Waals surface area (Å²) in [5.41, 5.74) is 13.4. The van der Waals surface area contributed by atoms with E-state index in [1.807, 2.05) is 0 Å². The van der Waals surface area contributed by atoms with Crippen LogP contribution in [0.4, 0.5) is 0 Å². The molecule has 1 aliphatic rings. The SMILES string of the molecule is C=C(C)C(=O)OCCc1cc(-c2c(C)cc(-c3ccc(C4CCC(C)CC4)cc3C)cc2CCC)ccc1CCCO. The molecule has 0 aromatic heterocycles. The van der Waals surface area contributed by atoms with Crippen molar-refractivity contribution in [2.75, 3.05) is 13.2 Å². The van der Waals surface area contributed by atoms with E-state index in [-0.39, 0.29) is 12.6 Å². The van der Waals surface area contributed by atoms with Crippen LogP contribution in [-0.4, -0.2) is 24.3 Å². The van der Waals surface area contributed by atoms with Crippen molar-refractivity contribution in [2.45, 2.75) is 98.3 Å². The average Bonchev–Trinajstić information content (AvgIpc) is 2.96. The topological polar surface area (TPSA) is 46.5 Å². The van der Waals surface area contributed by atoms with Gasteiger partial charge in [-0.25, -0.2) is 4.79 Å². The van der Waals surface area contributed by atoms with Gasteiger partial charge < -0.3 is 9.84 Å². The van der Waals surface area contributed by atoms with Gasteiger partial charge in [-0.15, -0.1) is 0 Å². The summed E-state index contributed by atoms with van der Waals surface area (Å²) in [4.78, 5) is 12.0. The minimum absolute atomic E-state index is 0.160. The van der Waals surface area contributed by atoms with Crippen LogP contribution in [0, 0.1) is 19.8 Å². The van der Waals surface area contributed by atoms with Gasteiger partial charge in [0.2, 0.25) is 0 Å². The van der Waals surface area contributed by atoms with Crippen molar-refractivity contribution in [3.05, 3.63) is 94.1 Å². The Morgan fingerprint density at radius 1 is 0.881 bits per heavy atom. The second-order valence-electron chi connectivity index (χ2n) is 12.6. The minimum atomic E-state index is -0.351. The van der Waals surface area contributed by atoms with Gasteiger partial charge in [-0.05, 0) is 120 Å². The number of ether oxygens (including phenoxy) is 1. The number of rotatable bonds is 12. The van der Waals surface area contributed by atoms with Crippen molar-refractivity contribution in [3.8, 4) is 22.3 Å². The van der Waals surface area contributed by atoms with Crippen molar-refractivity contribution in [1.29, 1.82) is 0 Å². The van der Waals surface area contributed by atoms with Crippen molar-refractivity contribution < 1.29 is 14.6 Å². The Morgan fingerprint density at radius 2 is 1.62 bits per heavy atom. The van der Waals surface area contributed by atoms with Crippen LogP contribution >= 0.6 is 0 Å². The minimum Gasteiger partial charge on any atom is -0.462 e. The molecule has 0 bridgehead atoms. The maximum atomic E-state index is 12.0. The van der Waals surface area contributed by atoms with E-state index in [0.717, 1.165) is 25.2 Å². The number of hydrogen-bond acceptors (Lipinski definition) is 3. The van der Waals surface area contributed by atoms with Gasteiger partial charge in [0.05, 0.1) is 6.61 Å². The Hall–Kier alpha value is -3.17. The maximum absolute atomic E-state index is 12.0. The van der Waals surface area contributed by atoms with Crippen molar-refractivity contribution in [3.63, 3.8) is 0 Å². The van der Waals surface area contributed by atoms with E-state index in [1.54, 1.807) is 6.92 Å². The molecule has 1 aliphatic carbocycles. The van der Waals surface area contributed by atoms with E-state index < -0.39 is 0 Å². The third kappa shape index (κ3) is 7.81. The molecule has 1 fully saturated rings. The van der Waals surface area contributed by atoms with Crippen LogP contribution in [0.25, 0.3) is 22.3 Å². The third-order valence-corrected chi connectivity index (χ3v) is 9.04. The molecule has 0 heterocycles. The van der Waals surface area contributed by atoms with Crippen LogP contribution in [0.15, 0.2) is 60.7 Å². The summed E-state index contributed by atoms with van der Waals surface area (Å²) >= 11 is 0. The van der Waals surface area contributed by atoms with Gasteiger partial charge in [0.1, 0.15) is 0 Å². The van der Waals surface area contributed by atoms with Gasteiger partial charge in [0, 0.05) is 18.6 Å². The quantitative estimate of drug-likeness (QED) is 0.175. The summed E-state index contributed by atoms with van der Waals surface area (Å²) in [5.74, 6) is 1.22. The molecule has 3 aromatic rings. The van der Waals surface area contributed by atoms with E-state index in [4.69, 9.17) is 4.74 Å². The number of aliphatic hydroxyl groups excluding tert-OH is 1. The highest BCUT2D eigenvalue weighted by atomic mass is 16.5. The second kappa shape index (κ2) is 14.8. The fourth-order valence-corrected chi connectivity index (χ4v) is 6.66. The second-order valence-corrected chi connectivity index (χ2v) is 12.6. The molecule has 3 aromatic carbocycles. The number of aryl methyl sites for hydroxylation is 4. The van der Waals surface area contributed by atoms with E-state index >= 15 is 0 Å². The Morgan fingerprint density at radius 3 is 2.29 bits per heavy atom. The van der Waals surface area contributed by atoms with Gasteiger partial charge in [-0.2, -0.15) is 0 Å². The number of benzene rings is 3. The molecule has 0 amide bonds. The van der Waals surface area contributed by atoms with E-state index in [1.165, 1.54) is 81.3 Å². The van der Waals surface area contributed by atoms with Crippen molar-refractivity contribution in [1.82, 2.24) is 0 Å². The fourth-order valence-electron chi connectivity index (χ4n) is 6.66. The highest BCUT2D eigenvalue weighted by molar-refractivity contribution is 5.87. The molecule has 0 atom stereocenters. The standard InChI is InChI=1S/C39H50O3/c1-7-9-34-25-36(37-18-17-32(22-28(37)5)31-13-11-27(4)12-14-31)23-29(6)38(34)35-16-15-30(10-8-20-40)33(24-35)19-21-42-39(41)26(2)3/h15-18,22-25,27,31,40H,2,7-14,19-21H2,1,3-6H3. The third-order valence-electron chi connectivity index (χ3n) is 9.04. The van der Waals surface area contributed by atoms with Gasteiger partial charge in [-0.1, -0.05) is 88.2 Å². The number of aliphatic hydroxyl groups is 1. The van der Waals surface area contributed by atoms with E-state index in [0.29, 0.717) is 30.9 Å². The Labute approximate surface area is 254 Å². The molecule has 42 heavy (non-hydrogen) atoms. The molecule has 3 heteroatoms.